The van der Waals surface area contributed by atoms with Crippen LogP contribution in [-0.4, -0.2) is 44.5 Å². The second-order valence-electron chi connectivity index (χ2n) is 6.29. The summed E-state index contributed by atoms with van der Waals surface area (Å²) in [5.74, 6) is 1.32. The SMILES string of the molecule is COc1ccc(C2(C)NC(=O)N(/N=C/c3cc(OC)cc(OC)c3)C2=O)cc1. The number of nitrogens with one attached hydrogen (secondary N) is 1. The summed E-state index contributed by atoms with van der Waals surface area (Å²) >= 11 is 0. The van der Waals surface area contributed by atoms with Gasteiger partial charge in [0.15, 0.2) is 0 Å². The van der Waals surface area contributed by atoms with Crippen molar-refractivity contribution >= 4 is 18.2 Å². The number of nitrogens with zero attached hydrogens (tertiary/aromatic N) is 2. The second kappa shape index (κ2) is 7.59. The van der Waals surface area contributed by atoms with Gasteiger partial charge in [0.1, 0.15) is 22.8 Å². The van der Waals surface area contributed by atoms with Gasteiger partial charge in [0.25, 0.3) is 5.91 Å². The predicted octanol–water partition coefficient (Wildman–Crippen LogP) is 2.51. The molecule has 3 amide bonds. The Labute approximate surface area is 162 Å². The quantitative estimate of drug-likeness (QED) is 0.612. The molecule has 0 bridgehead atoms. The summed E-state index contributed by atoms with van der Waals surface area (Å²) in [6, 6.07) is 11.5. The van der Waals surface area contributed by atoms with Crippen molar-refractivity contribution in [3.63, 3.8) is 0 Å². The molecule has 1 aliphatic rings. The van der Waals surface area contributed by atoms with E-state index in [-0.39, 0.29) is 0 Å². The van der Waals surface area contributed by atoms with E-state index in [2.05, 4.69) is 10.4 Å². The van der Waals surface area contributed by atoms with Crippen LogP contribution < -0.4 is 19.5 Å². The third kappa shape index (κ3) is 3.48. The summed E-state index contributed by atoms with van der Waals surface area (Å²) in [6.07, 6.45) is 1.41. The molecule has 1 heterocycles. The van der Waals surface area contributed by atoms with Crippen LogP contribution in [-0.2, 0) is 10.3 Å². The zero-order valence-electron chi connectivity index (χ0n) is 16.1. The lowest BCUT2D eigenvalue weighted by molar-refractivity contribution is -0.131. The minimum Gasteiger partial charge on any atom is -0.497 e. The summed E-state index contributed by atoms with van der Waals surface area (Å²) in [4.78, 5) is 25.3. The summed E-state index contributed by atoms with van der Waals surface area (Å²) in [6.45, 7) is 1.64. The Kier molecular flexibility index (Phi) is 5.21. The Morgan fingerprint density at radius 1 is 0.929 bits per heavy atom. The number of urea groups is 1. The van der Waals surface area contributed by atoms with E-state index < -0.39 is 17.5 Å². The van der Waals surface area contributed by atoms with Crippen LogP contribution in [0.5, 0.6) is 17.2 Å². The smallest absolute Gasteiger partial charge is 0.346 e. The molecule has 0 aliphatic carbocycles. The highest BCUT2D eigenvalue weighted by Crippen LogP contribution is 2.30. The minimum atomic E-state index is -1.22. The van der Waals surface area contributed by atoms with Crippen molar-refractivity contribution in [2.75, 3.05) is 21.3 Å². The van der Waals surface area contributed by atoms with E-state index in [1.165, 1.54) is 20.4 Å². The lowest BCUT2D eigenvalue weighted by Crippen LogP contribution is -2.40. The van der Waals surface area contributed by atoms with Crippen LogP contribution in [0.4, 0.5) is 4.79 Å². The van der Waals surface area contributed by atoms with Gasteiger partial charge >= 0.3 is 6.03 Å². The fraction of sp³-hybridized carbons (Fsp3) is 0.250. The van der Waals surface area contributed by atoms with E-state index in [0.29, 0.717) is 28.4 Å². The van der Waals surface area contributed by atoms with Crippen LogP contribution in [0.15, 0.2) is 47.6 Å². The Bertz CT molecular complexity index is 904. The second-order valence-corrected chi connectivity index (χ2v) is 6.29. The number of imide groups is 1. The number of carbonyl (C=O) groups excluding carboxylic acids is 2. The van der Waals surface area contributed by atoms with Crippen molar-refractivity contribution < 1.29 is 23.8 Å². The van der Waals surface area contributed by atoms with Crippen LogP contribution in [0.3, 0.4) is 0 Å². The van der Waals surface area contributed by atoms with Gasteiger partial charge in [0.05, 0.1) is 27.5 Å². The van der Waals surface area contributed by atoms with Gasteiger partial charge in [0.2, 0.25) is 0 Å². The molecule has 0 spiro atoms. The Morgan fingerprint density at radius 3 is 2.04 bits per heavy atom. The predicted molar refractivity (Wildman–Crippen MR) is 103 cm³/mol. The number of methoxy groups -OCH3 is 3. The molecule has 28 heavy (non-hydrogen) atoms. The van der Waals surface area contributed by atoms with Crippen LogP contribution in [0.25, 0.3) is 0 Å². The third-order valence-electron chi connectivity index (χ3n) is 4.53. The van der Waals surface area contributed by atoms with Gasteiger partial charge in [-0.05, 0) is 36.8 Å². The van der Waals surface area contributed by atoms with Crippen molar-refractivity contribution in [3.05, 3.63) is 53.6 Å². The van der Waals surface area contributed by atoms with Gasteiger partial charge in [-0.3, -0.25) is 4.79 Å². The normalized spacial score (nSPS) is 19.1. The van der Waals surface area contributed by atoms with E-state index in [4.69, 9.17) is 14.2 Å². The number of amides is 3. The lowest BCUT2D eigenvalue weighted by atomic mass is 9.92. The van der Waals surface area contributed by atoms with Crippen molar-refractivity contribution in [1.29, 1.82) is 0 Å². The number of rotatable bonds is 6. The molecular weight excluding hydrogens is 362 g/mol. The molecule has 3 rings (SSSR count). The molecule has 8 heteroatoms. The van der Waals surface area contributed by atoms with E-state index in [1.54, 1.807) is 56.5 Å². The molecule has 1 N–H and O–H groups in total. The molecule has 1 unspecified atom stereocenters. The highest BCUT2D eigenvalue weighted by molar-refractivity contribution is 6.07. The maximum absolute atomic E-state index is 12.9. The van der Waals surface area contributed by atoms with Gasteiger partial charge in [-0.1, -0.05) is 12.1 Å². The van der Waals surface area contributed by atoms with Crippen molar-refractivity contribution in [2.24, 2.45) is 5.10 Å². The fourth-order valence-electron chi connectivity index (χ4n) is 2.88. The molecule has 1 atom stereocenters. The largest absolute Gasteiger partial charge is 0.497 e. The summed E-state index contributed by atoms with van der Waals surface area (Å²) < 4.78 is 15.6. The van der Waals surface area contributed by atoms with Gasteiger partial charge in [-0.2, -0.15) is 5.10 Å². The average Bonchev–Trinajstić information content (AvgIpc) is 2.95. The van der Waals surface area contributed by atoms with Gasteiger partial charge in [0, 0.05) is 11.6 Å². The van der Waals surface area contributed by atoms with Crippen molar-refractivity contribution in [2.45, 2.75) is 12.5 Å². The molecule has 0 saturated carbocycles. The molecule has 2 aromatic rings. The molecule has 1 aliphatic heterocycles. The molecule has 2 aromatic carbocycles. The van der Waals surface area contributed by atoms with E-state index in [1.807, 2.05) is 0 Å². The Balaban J connectivity index is 1.86. The molecule has 1 fully saturated rings. The van der Waals surface area contributed by atoms with E-state index >= 15 is 0 Å². The molecular formula is C20H21N3O5. The number of benzene rings is 2. The first kappa shape index (κ1) is 19.2. The van der Waals surface area contributed by atoms with Crippen LogP contribution in [0.1, 0.15) is 18.1 Å². The maximum atomic E-state index is 12.9. The fourth-order valence-corrected chi connectivity index (χ4v) is 2.88. The van der Waals surface area contributed by atoms with Gasteiger partial charge in [-0.15, -0.1) is 5.01 Å². The molecule has 0 radical (unpaired) electrons. The number of ether oxygens (including phenoxy) is 3. The van der Waals surface area contributed by atoms with Crippen molar-refractivity contribution in [3.8, 4) is 17.2 Å². The van der Waals surface area contributed by atoms with E-state index in [0.717, 1.165) is 5.01 Å². The lowest BCUT2D eigenvalue weighted by Gasteiger charge is -2.21. The highest BCUT2D eigenvalue weighted by Gasteiger charge is 2.49. The zero-order chi connectivity index (χ0) is 20.3. The zero-order valence-corrected chi connectivity index (χ0v) is 16.1. The first-order valence-electron chi connectivity index (χ1n) is 8.49. The third-order valence-corrected chi connectivity index (χ3v) is 4.53. The first-order valence-corrected chi connectivity index (χ1v) is 8.49. The highest BCUT2D eigenvalue weighted by atomic mass is 16.5. The Hall–Kier alpha value is -3.55. The van der Waals surface area contributed by atoms with E-state index in [9.17, 15) is 9.59 Å². The first-order chi connectivity index (χ1) is 13.4. The monoisotopic (exact) mass is 383 g/mol. The maximum Gasteiger partial charge on any atom is 0.346 e. The summed E-state index contributed by atoms with van der Waals surface area (Å²) in [5.41, 5.74) is 0.0366. The summed E-state index contributed by atoms with van der Waals surface area (Å²) in [5, 5.41) is 7.59. The van der Waals surface area contributed by atoms with Gasteiger partial charge in [-0.25, -0.2) is 4.79 Å². The number of carbonyl (C=O) groups is 2. The Morgan fingerprint density at radius 2 is 1.50 bits per heavy atom. The van der Waals surface area contributed by atoms with Crippen LogP contribution in [0.2, 0.25) is 0 Å². The average molecular weight is 383 g/mol. The number of hydrogen-bond donors (Lipinski definition) is 1. The number of hydrogen-bond acceptors (Lipinski definition) is 6. The minimum absolute atomic E-state index is 0.478. The summed E-state index contributed by atoms with van der Waals surface area (Å²) in [7, 11) is 4.63. The molecule has 8 nitrogen and oxygen atoms in total. The van der Waals surface area contributed by atoms with Gasteiger partial charge < -0.3 is 19.5 Å². The molecule has 1 saturated heterocycles. The van der Waals surface area contributed by atoms with Crippen molar-refractivity contribution in [1.82, 2.24) is 10.3 Å². The van der Waals surface area contributed by atoms with Crippen LogP contribution >= 0.6 is 0 Å². The number of hydrazone groups is 1. The van der Waals surface area contributed by atoms with Crippen LogP contribution in [0, 0.1) is 0 Å². The molecule has 0 aromatic heterocycles. The molecule has 146 valence electrons. The standard InChI is InChI=1S/C20H21N3O5/c1-20(14-5-7-15(26-2)8-6-14)18(24)23(19(25)22-20)21-12-13-9-16(27-3)11-17(10-13)28-4/h5-12H,1-4H3,(H,22,25)/b21-12+. The topological polar surface area (TPSA) is 89.5 Å².